The minimum absolute atomic E-state index is 0.362. The van der Waals surface area contributed by atoms with E-state index in [2.05, 4.69) is 150 Å². The maximum Gasteiger partial charge on any atom is 0.170 e. The van der Waals surface area contributed by atoms with E-state index in [0.29, 0.717) is 5.92 Å². The lowest BCUT2D eigenvalue weighted by atomic mass is 9.86. The highest BCUT2D eigenvalue weighted by molar-refractivity contribution is 6.18. The van der Waals surface area contributed by atoms with Crippen LogP contribution >= 0.6 is 0 Å². The fraction of sp³-hybridized carbons (Fsp3) is 0.0638. The number of hydrogen-bond donors (Lipinski definition) is 1. The molecule has 2 heterocycles. The first-order chi connectivity index (χ1) is 25.8. The van der Waals surface area contributed by atoms with Crippen molar-refractivity contribution < 1.29 is 4.42 Å². The average Bonchev–Trinajstić information content (AvgIpc) is 3.59. The Hall–Kier alpha value is -6.72. The van der Waals surface area contributed by atoms with Gasteiger partial charge in [0, 0.05) is 61.9 Å². The molecule has 5 heteroatoms. The third kappa shape index (κ3) is 5.26. The minimum Gasteiger partial charge on any atom is -0.455 e. The van der Waals surface area contributed by atoms with E-state index in [0.717, 1.165) is 78.9 Å². The predicted molar refractivity (Wildman–Crippen MR) is 214 cm³/mol. The average molecular weight is 671 g/mol. The van der Waals surface area contributed by atoms with Crippen LogP contribution in [0.1, 0.15) is 29.3 Å². The number of anilines is 2. The minimum atomic E-state index is -0.460. The number of nitrogens with zero attached hydrogens (tertiary/aromatic N) is 3. The zero-order valence-electron chi connectivity index (χ0n) is 28.4. The molecule has 2 aliphatic carbocycles. The van der Waals surface area contributed by atoms with E-state index in [1.54, 1.807) is 0 Å². The smallest absolute Gasteiger partial charge is 0.170 e. The van der Waals surface area contributed by atoms with Gasteiger partial charge in [-0.15, -0.1) is 0 Å². The molecular formula is C47H34N4O. The molecule has 1 aromatic heterocycles. The van der Waals surface area contributed by atoms with Crippen LogP contribution in [-0.2, 0) is 0 Å². The van der Waals surface area contributed by atoms with E-state index in [9.17, 15) is 0 Å². The second kappa shape index (κ2) is 12.6. The highest BCUT2D eigenvalue weighted by atomic mass is 16.3. The molecule has 0 bridgehead atoms. The molecule has 52 heavy (non-hydrogen) atoms. The zero-order valence-corrected chi connectivity index (χ0v) is 28.4. The third-order valence-electron chi connectivity index (χ3n) is 10.2. The van der Waals surface area contributed by atoms with Crippen LogP contribution in [0.5, 0.6) is 0 Å². The first-order valence-corrected chi connectivity index (χ1v) is 17.8. The monoisotopic (exact) mass is 670 g/mol. The second-order valence-electron chi connectivity index (χ2n) is 13.4. The number of nitrogens with one attached hydrogen (secondary N) is 1. The van der Waals surface area contributed by atoms with Crippen LogP contribution in [0, 0.1) is 5.92 Å². The molecule has 1 N–H and O–H groups in total. The van der Waals surface area contributed by atoms with Crippen molar-refractivity contribution in [3.05, 3.63) is 204 Å². The number of benzene rings is 6. The van der Waals surface area contributed by atoms with Crippen molar-refractivity contribution >= 4 is 55.8 Å². The summed E-state index contributed by atoms with van der Waals surface area (Å²) in [6, 6.07) is 48.5. The highest BCUT2D eigenvalue weighted by Gasteiger charge is 2.26. The summed E-state index contributed by atoms with van der Waals surface area (Å²) in [5, 5.41) is 7.76. The Morgan fingerprint density at radius 1 is 0.596 bits per heavy atom. The molecule has 3 aliphatic rings. The third-order valence-corrected chi connectivity index (χ3v) is 10.2. The molecule has 0 fully saturated rings. The largest absolute Gasteiger partial charge is 0.455 e. The number of rotatable bonds is 6. The number of allylic oxidation sites excluding steroid dienone is 8. The number of aliphatic imine (C=N–C) groups is 2. The normalized spacial score (nSPS) is 17.0. The zero-order chi connectivity index (χ0) is 34.4. The topological polar surface area (TPSA) is 53.1 Å². The molecule has 248 valence electrons. The molecular weight excluding hydrogens is 637 g/mol. The van der Waals surface area contributed by atoms with E-state index in [-0.39, 0.29) is 0 Å². The Labute approximate surface area is 302 Å². The fourth-order valence-corrected chi connectivity index (χ4v) is 7.72. The summed E-state index contributed by atoms with van der Waals surface area (Å²) in [5.74, 6) is 1.95. The van der Waals surface area contributed by atoms with Crippen molar-refractivity contribution in [2.24, 2.45) is 15.9 Å². The summed E-state index contributed by atoms with van der Waals surface area (Å²) < 4.78 is 6.83. The van der Waals surface area contributed by atoms with E-state index >= 15 is 0 Å². The van der Waals surface area contributed by atoms with Gasteiger partial charge in [0.15, 0.2) is 6.17 Å². The Kier molecular flexibility index (Phi) is 7.28. The fourth-order valence-electron chi connectivity index (χ4n) is 7.72. The molecule has 0 amide bonds. The number of fused-ring (bicyclic) bond motifs is 6. The van der Waals surface area contributed by atoms with Gasteiger partial charge in [0.05, 0.1) is 0 Å². The van der Waals surface area contributed by atoms with Gasteiger partial charge >= 0.3 is 0 Å². The maximum atomic E-state index is 6.83. The van der Waals surface area contributed by atoms with E-state index in [1.807, 2.05) is 36.4 Å². The van der Waals surface area contributed by atoms with Crippen LogP contribution < -0.4 is 10.2 Å². The van der Waals surface area contributed by atoms with Crippen LogP contribution in [0.2, 0.25) is 0 Å². The Morgan fingerprint density at radius 2 is 1.27 bits per heavy atom. The predicted octanol–water partition coefficient (Wildman–Crippen LogP) is 11.3. The van der Waals surface area contributed by atoms with Crippen molar-refractivity contribution in [3.8, 4) is 0 Å². The molecule has 1 atom stereocenters. The molecule has 1 unspecified atom stereocenters. The van der Waals surface area contributed by atoms with Gasteiger partial charge in [0.2, 0.25) is 0 Å². The Morgan fingerprint density at radius 3 is 2.00 bits per heavy atom. The second-order valence-corrected chi connectivity index (χ2v) is 13.4. The van der Waals surface area contributed by atoms with Gasteiger partial charge in [-0.3, -0.25) is 0 Å². The molecule has 0 saturated heterocycles. The van der Waals surface area contributed by atoms with Gasteiger partial charge in [0.1, 0.15) is 22.8 Å². The van der Waals surface area contributed by atoms with Gasteiger partial charge in [-0.1, -0.05) is 134 Å². The van der Waals surface area contributed by atoms with Crippen LogP contribution in [-0.4, -0.2) is 11.7 Å². The number of furan rings is 1. The van der Waals surface area contributed by atoms with Crippen molar-refractivity contribution in [2.45, 2.75) is 12.6 Å². The summed E-state index contributed by atoms with van der Waals surface area (Å²) in [6.07, 6.45) is 13.8. The van der Waals surface area contributed by atoms with Gasteiger partial charge in [-0.25, -0.2) is 9.98 Å². The van der Waals surface area contributed by atoms with Gasteiger partial charge in [-0.05, 0) is 53.8 Å². The van der Waals surface area contributed by atoms with Crippen molar-refractivity contribution in [1.82, 2.24) is 5.32 Å². The first-order valence-electron chi connectivity index (χ1n) is 17.8. The van der Waals surface area contributed by atoms with E-state index in [1.165, 1.54) is 11.3 Å². The van der Waals surface area contributed by atoms with E-state index in [4.69, 9.17) is 14.4 Å². The van der Waals surface area contributed by atoms with Gasteiger partial charge in [-0.2, -0.15) is 0 Å². The number of amidine groups is 2. The number of para-hydroxylation sites is 1. The van der Waals surface area contributed by atoms with Crippen molar-refractivity contribution in [2.75, 3.05) is 4.90 Å². The van der Waals surface area contributed by atoms with Crippen molar-refractivity contribution in [3.63, 3.8) is 0 Å². The summed E-state index contributed by atoms with van der Waals surface area (Å²) in [4.78, 5) is 12.8. The van der Waals surface area contributed by atoms with Crippen LogP contribution in [0.25, 0.3) is 32.7 Å². The van der Waals surface area contributed by atoms with Crippen molar-refractivity contribution in [1.29, 1.82) is 0 Å². The quantitative estimate of drug-likeness (QED) is 0.192. The molecule has 0 spiro atoms. The molecule has 1 aliphatic heterocycles. The molecule has 6 aromatic carbocycles. The lowest BCUT2D eigenvalue weighted by molar-refractivity contribution is 0.672. The van der Waals surface area contributed by atoms with Crippen LogP contribution in [0.4, 0.5) is 11.4 Å². The Balaban J connectivity index is 1.13. The molecule has 5 nitrogen and oxygen atoms in total. The SMILES string of the molecule is C1=CC2=CC=C(N(c3ccccc3)c3ccc4c(c3)oc3c5ccccc5c(C5N=C(c6ccccc6)NC(c6ccccc6)=N5)cc43)CC2C=C1. The van der Waals surface area contributed by atoms with Crippen LogP contribution in [0.15, 0.2) is 202 Å². The van der Waals surface area contributed by atoms with Gasteiger partial charge in [0.25, 0.3) is 0 Å². The molecule has 7 aromatic rings. The molecule has 10 rings (SSSR count). The summed E-state index contributed by atoms with van der Waals surface area (Å²) in [7, 11) is 0. The van der Waals surface area contributed by atoms with E-state index < -0.39 is 6.17 Å². The number of hydrogen-bond acceptors (Lipinski definition) is 5. The molecule has 0 radical (unpaired) electrons. The Bertz CT molecular complexity index is 2630. The van der Waals surface area contributed by atoms with Crippen LogP contribution in [0.3, 0.4) is 0 Å². The standard InChI is InChI=1S/C47H34N4O/c1-4-15-32(16-5-1)45-48-46(33-17-6-2-7-18-33)50-47(49-45)42-30-41-39-27-26-37(29-43(39)52-44(41)40-23-13-12-22-38(40)42)51(35-20-8-3-9-21-35)36-25-24-31-14-10-11-19-34(31)28-36/h1-27,29-30,34,47H,28H2,(H,48,49,50). The highest BCUT2D eigenvalue weighted by Crippen LogP contribution is 2.43. The van der Waals surface area contributed by atoms with Gasteiger partial charge < -0.3 is 14.6 Å². The lowest BCUT2D eigenvalue weighted by Gasteiger charge is -2.32. The molecule has 0 saturated carbocycles. The first kappa shape index (κ1) is 30.1. The lowest BCUT2D eigenvalue weighted by Crippen LogP contribution is -2.36. The summed E-state index contributed by atoms with van der Waals surface area (Å²) >= 11 is 0. The summed E-state index contributed by atoms with van der Waals surface area (Å²) in [5.41, 5.74) is 9.56. The maximum absolute atomic E-state index is 6.83. The summed E-state index contributed by atoms with van der Waals surface area (Å²) in [6.45, 7) is 0.